The van der Waals surface area contributed by atoms with Crippen molar-refractivity contribution in [1.29, 1.82) is 0 Å². The maximum atomic E-state index is 12.9. The van der Waals surface area contributed by atoms with E-state index in [1.165, 1.54) is 40.8 Å². The van der Waals surface area contributed by atoms with Crippen LogP contribution in [0.25, 0.3) is 0 Å². The van der Waals surface area contributed by atoms with Gasteiger partial charge >= 0.3 is 5.97 Å². The van der Waals surface area contributed by atoms with Gasteiger partial charge in [-0.05, 0) is 55.3 Å². The number of anilines is 1. The maximum Gasteiger partial charge on any atom is 0.337 e. The third-order valence-electron chi connectivity index (χ3n) is 5.55. The Labute approximate surface area is 228 Å². The molecule has 0 aliphatic carbocycles. The largest absolute Gasteiger partial charge is 0.478 e. The molecule has 0 atom stereocenters. The summed E-state index contributed by atoms with van der Waals surface area (Å²) in [5.41, 5.74) is -0.195. The average Bonchev–Trinajstić information content (AvgIpc) is 2.87. The van der Waals surface area contributed by atoms with Gasteiger partial charge in [0, 0.05) is 29.1 Å². The fourth-order valence-corrected chi connectivity index (χ4v) is 7.86. The molecule has 1 fully saturated rings. The smallest absolute Gasteiger partial charge is 0.337 e. The van der Waals surface area contributed by atoms with E-state index in [0.717, 1.165) is 37.1 Å². The van der Waals surface area contributed by atoms with E-state index in [1.54, 1.807) is 12.1 Å². The van der Waals surface area contributed by atoms with Crippen molar-refractivity contribution in [2.24, 2.45) is 0 Å². The molecular weight excluding hydrogens is 581 g/mol. The Hall–Kier alpha value is -2.35. The minimum atomic E-state index is -4.20. The number of sulfonamides is 2. The third-order valence-corrected chi connectivity index (χ3v) is 10.8. The van der Waals surface area contributed by atoms with Gasteiger partial charge < -0.3 is 5.11 Å². The van der Waals surface area contributed by atoms with Gasteiger partial charge in [-0.3, -0.25) is 4.72 Å². The van der Waals surface area contributed by atoms with Gasteiger partial charge in [-0.15, -0.1) is 0 Å². The Bertz CT molecular complexity index is 1540. The fraction of sp³-hybridized carbons (Fsp3) is 0.217. The number of aromatic carboxylic acids is 1. The van der Waals surface area contributed by atoms with Crippen LogP contribution < -0.4 is 4.72 Å². The molecule has 1 aromatic heterocycles. The van der Waals surface area contributed by atoms with Crippen molar-refractivity contribution < 1.29 is 26.7 Å². The van der Waals surface area contributed by atoms with E-state index >= 15 is 0 Å². The molecule has 0 bridgehead atoms. The molecule has 1 aliphatic rings. The lowest BCUT2D eigenvalue weighted by molar-refractivity contribution is 0.0693. The number of halogens is 2. The van der Waals surface area contributed by atoms with Crippen LogP contribution in [-0.4, -0.2) is 50.3 Å². The monoisotopic (exact) mass is 601 g/mol. The molecule has 0 unspecified atom stereocenters. The Morgan fingerprint density at radius 1 is 1.00 bits per heavy atom. The maximum absolute atomic E-state index is 12.9. The van der Waals surface area contributed by atoms with Gasteiger partial charge in [0.05, 0.1) is 20.5 Å². The Morgan fingerprint density at radius 2 is 1.68 bits per heavy atom. The highest BCUT2D eigenvalue weighted by molar-refractivity contribution is 7.99. The van der Waals surface area contributed by atoms with Crippen molar-refractivity contribution in [3.8, 4) is 0 Å². The van der Waals surface area contributed by atoms with E-state index in [2.05, 4.69) is 9.71 Å². The Balaban J connectivity index is 1.55. The lowest BCUT2D eigenvalue weighted by atomic mass is 10.2. The van der Waals surface area contributed by atoms with Crippen LogP contribution in [-0.2, 0) is 20.0 Å². The molecule has 37 heavy (non-hydrogen) atoms. The van der Waals surface area contributed by atoms with Crippen LogP contribution in [0.3, 0.4) is 0 Å². The molecule has 0 radical (unpaired) electrons. The molecule has 2 N–H and O–H groups in total. The molecule has 4 rings (SSSR count). The molecule has 0 amide bonds. The van der Waals surface area contributed by atoms with Crippen molar-refractivity contribution in [1.82, 2.24) is 9.29 Å². The molecule has 196 valence electrons. The quantitative estimate of drug-likeness (QED) is 0.359. The van der Waals surface area contributed by atoms with E-state index in [9.17, 15) is 26.7 Å². The van der Waals surface area contributed by atoms with Crippen LogP contribution in [0.2, 0.25) is 10.0 Å². The van der Waals surface area contributed by atoms with Crippen LogP contribution >= 0.6 is 35.0 Å². The first-order valence-electron chi connectivity index (χ1n) is 11.0. The number of nitrogens with zero attached hydrogens (tertiary/aromatic N) is 2. The Kier molecular flexibility index (Phi) is 8.36. The summed E-state index contributed by atoms with van der Waals surface area (Å²) in [6.07, 6.45) is 3.90. The number of hydrogen-bond acceptors (Lipinski definition) is 7. The number of hydrogen-bond donors (Lipinski definition) is 2. The highest BCUT2D eigenvalue weighted by Crippen LogP contribution is 2.34. The zero-order valence-corrected chi connectivity index (χ0v) is 23.1. The van der Waals surface area contributed by atoms with Crippen molar-refractivity contribution in [2.75, 3.05) is 17.8 Å². The van der Waals surface area contributed by atoms with Crippen molar-refractivity contribution >= 4 is 66.8 Å². The normalized spacial score (nSPS) is 14.9. The zero-order chi connectivity index (χ0) is 26.8. The number of carbonyl (C=O) groups is 1. The lowest BCUT2D eigenvalue weighted by Gasteiger charge is -2.25. The van der Waals surface area contributed by atoms with Gasteiger partial charge in [0.2, 0.25) is 10.0 Å². The summed E-state index contributed by atoms with van der Waals surface area (Å²) in [5, 5.41) is 9.59. The molecule has 1 saturated heterocycles. The van der Waals surface area contributed by atoms with Gasteiger partial charge in [-0.25, -0.2) is 26.6 Å². The number of benzene rings is 2. The number of nitrogens with one attached hydrogen (secondary N) is 1. The highest BCUT2D eigenvalue weighted by Gasteiger charge is 2.26. The summed E-state index contributed by atoms with van der Waals surface area (Å²) in [6, 6.07) is 11.3. The van der Waals surface area contributed by atoms with Gasteiger partial charge in [0.25, 0.3) is 10.0 Å². The minimum absolute atomic E-state index is 0.0465. The summed E-state index contributed by atoms with van der Waals surface area (Å²) in [7, 11) is -7.79. The summed E-state index contributed by atoms with van der Waals surface area (Å²) in [4.78, 5) is 16.7. The van der Waals surface area contributed by atoms with E-state index in [0.29, 0.717) is 18.0 Å². The zero-order valence-electron chi connectivity index (χ0n) is 19.1. The topological polar surface area (TPSA) is 134 Å². The molecule has 3 aromatic rings. The summed E-state index contributed by atoms with van der Waals surface area (Å²) in [5.74, 6) is -1.52. The second-order valence-corrected chi connectivity index (χ2v) is 13.6. The molecule has 0 saturated carbocycles. The average molecular weight is 603 g/mol. The van der Waals surface area contributed by atoms with Crippen LogP contribution in [0.1, 0.15) is 29.6 Å². The molecule has 0 spiro atoms. The standard InChI is InChI=1S/C23H21Cl2N3O6S3/c24-18-5-4-6-20(22(18)25)36(31,32)27-21-13-17(23(29)30)19(14-26-21)35-15-7-9-16(10-8-15)37(33,34)28-11-2-1-3-12-28/h4-10,13-14H,1-3,11-12H2,(H,26,27)(H,29,30). The molecule has 2 heterocycles. The van der Waals surface area contributed by atoms with E-state index < -0.39 is 26.0 Å². The predicted molar refractivity (Wildman–Crippen MR) is 142 cm³/mol. The molecule has 14 heteroatoms. The fourth-order valence-electron chi connectivity index (χ4n) is 3.69. The highest BCUT2D eigenvalue weighted by atomic mass is 35.5. The van der Waals surface area contributed by atoms with E-state index in [4.69, 9.17) is 23.2 Å². The second-order valence-electron chi connectivity index (χ2n) is 8.07. The molecule has 2 aromatic carbocycles. The minimum Gasteiger partial charge on any atom is -0.478 e. The molecule has 1 aliphatic heterocycles. The SMILES string of the molecule is O=C(O)c1cc(NS(=O)(=O)c2cccc(Cl)c2Cl)ncc1Sc1ccc(S(=O)(=O)N2CCCCC2)cc1. The van der Waals surface area contributed by atoms with Crippen LogP contribution in [0.5, 0.6) is 0 Å². The van der Waals surface area contributed by atoms with Crippen LogP contribution in [0.4, 0.5) is 5.82 Å². The third kappa shape index (κ3) is 6.21. The van der Waals surface area contributed by atoms with Gasteiger partial charge in [0.1, 0.15) is 10.7 Å². The van der Waals surface area contributed by atoms with Gasteiger partial charge in [-0.1, -0.05) is 47.5 Å². The van der Waals surface area contributed by atoms with Crippen molar-refractivity contribution in [2.45, 2.75) is 38.8 Å². The first-order chi connectivity index (χ1) is 17.5. The van der Waals surface area contributed by atoms with Crippen molar-refractivity contribution in [3.63, 3.8) is 0 Å². The lowest BCUT2D eigenvalue weighted by Crippen LogP contribution is -2.35. The Morgan fingerprint density at radius 3 is 2.32 bits per heavy atom. The van der Waals surface area contributed by atoms with Gasteiger partial charge in [0.15, 0.2) is 0 Å². The number of carboxylic acid groups (broad SMARTS) is 1. The first-order valence-corrected chi connectivity index (χ1v) is 15.5. The van der Waals surface area contributed by atoms with Crippen LogP contribution in [0, 0.1) is 0 Å². The summed E-state index contributed by atoms with van der Waals surface area (Å²) in [6.45, 7) is 0.984. The molecule has 9 nitrogen and oxygen atoms in total. The van der Waals surface area contributed by atoms with Crippen molar-refractivity contribution in [3.05, 3.63) is 70.3 Å². The van der Waals surface area contributed by atoms with E-state index in [1.807, 2.05) is 0 Å². The molecular formula is C23H21Cl2N3O6S3. The summed E-state index contributed by atoms with van der Waals surface area (Å²) < 4.78 is 54.9. The van der Waals surface area contributed by atoms with Crippen LogP contribution in [0.15, 0.2) is 74.3 Å². The number of aromatic nitrogens is 1. The first kappa shape index (κ1) is 27.7. The van der Waals surface area contributed by atoms with E-state index in [-0.39, 0.29) is 36.1 Å². The number of piperidine rings is 1. The number of rotatable bonds is 8. The summed E-state index contributed by atoms with van der Waals surface area (Å²) >= 11 is 13.0. The number of carboxylic acids is 1. The predicted octanol–water partition coefficient (Wildman–Crippen LogP) is 5.21. The number of pyridine rings is 1. The second kappa shape index (κ2) is 11.2. The van der Waals surface area contributed by atoms with Gasteiger partial charge in [-0.2, -0.15) is 4.31 Å².